The van der Waals surface area contributed by atoms with E-state index >= 15 is 0 Å². The van der Waals surface area contributed by atoms with Crippen molar-refractivity contribution in [2.24, 2.45) is 0 Å². The van der Waals surface area contributed by atoms with Crippen LogP contribution in [0.3, 0.4) is 0 Å². The van der Waals surface area contributed by atoms with Gasteiger partial charge in [-0.25, -0.2) is 2.95 Å². The Balaban J connectivity index is 2.70. The molecule has 0 heterocycles. The number of alkyl halides is 2. The number of nitrogens with zero attached hydrogens (tertiary/aromatic N) is 1. The van der Waals surface area contributed by atoms with Gasteiger partial charge in [-0.05, 0) is 24.3 Å². The fraction of sp³-hybridized carbons (Fsp3) is 0.143. The van der Waals surface area contributed by atoms with Crippen LogP contribution in [-0.2, 0) is 0 Å². The van der Waals surface area contributed by atoms with Crippen LogP contribution in [0.2, 0.25) is 0 Å². The number of ether oxygens (including phenoxy) is 1. The highest BCUT2D eigenvalue weighted by Gasteiger charge is 2.02. The molecule has 2 nitrogen and oxygen atoms in total. The molecule has 0 aliphatic heterocycles. The summed E-state index contributed by atoms with van der Waals surface area (Å²) in [4.78, 5) is 0. The van der Waals surface area contributed by atoms with Crippen molar-refractivity contribution in [1.82, 2.24) is 0 Å². The average Bonchev–Trinajstić information content (AvgIpc) is 2.04. The molecule has 0 N–H and O–H groups in total. The van der Waals surface area contributed by atoms with E-state index in [1.165, 1.54) is 0 Å². The van der Waals surface area contributed by atoms with Gasteiger partial charge in [-0.1, -0.05) is 23.2 Å². The van der Waals surface area contributed by atoms with E-state index in [1.54, 1.807) is 15.1 Å². The lowest BCUT2D eigenvalue weighted by molar-refractivity contribution is 0.354. The molecule has 1 aromatic carbocycles. The molecule has 0 spiro atoms. The monoisotopic (exact) mass is 347 g/mol. The van der Waals surface area contributed by atoms with Crippen molar-refractivity contribution < 1.29 is 4.74 Å². The summed E-state index contributed by atoms with van der Waals surface area (Å²) < 4.78 is 6.66. The van der Waals surface area contributed by atoms with Crippen molar-refractivity contribution in [2.75, 3.05) is 2.95 Å². The third kappa shape index (κ3) is 3.94. The molecule has 0 fully saturated rings. The molecule has 0 saturated heterocycles. The molecule has 0 amide bonds. The molecule has 6 heteroatoms. The van der Waals surface area contributed by atoms with Crippen molar-refractivity contribution in [3.63, 3.8) is 0 Å². The Bertz CT molecular complexity index is 266. The maximum atomic E-state index is 5.43. The summed E-state index contributed by atoms with van der Waals surface area (Å²) in [6.45, 7) is 0. The van der Waals surface area contributed by atoms with E-state index in [4.69, 9.17) is 27.9 Å². The summed E-state index contributed by atoms with van der Waals surface area (Å²) in [5.41, 5.74) is 0.938. The van der Waals surface area contributed by atoms with Gasteiger partial charge in [0, 0.05) is 0 Å². The third-order valence-electron chi connectivity index (χ3n) is 1.26. The molecule has 13 heavy (non-hydrogen) atoms. The minimum atomic E-state index is -0.838. The van der Waals surface area contributed by atoms with E-state index in [1.807, 2.05) is 12.1 Å². The van der Waals surface area contributed by atoms with Gasteiger partial charge in [0.2, 0.25) is 5.02 Å². The summed E-state index contributed by atoms with van der Waals surface area (Å²) in [6, 6.07) is 7.22. The fourth-order valence-corrected chi connectivity index (χ4v) is 1.42. The standard InChI is InChI=1S/C7H5Br2Cl2NO/c8-12(9)5-1-3-6(4-2-5)13-7(10)11/h1-4,7H. The van der Waals surface area contributed by atoms with E-state index in [2.05, 4.69) is 32.3 Å². The van der Waals surface area contributed by atoms with Crippen LogP contribution >= 0.6 is 55.5 Å². The molecule has 0 aromatic heterocycles. The highest BCUT2D eigenvalue weighted by Crippen LogP contribution is 2.25. The molecular weight excluding hydrogens is 345 g/mol. The zero-order chi connectivity index (χ0) is 9.84. The molecule has 1 rings (SSSR count). The van der Waals surface area contributed by atoms with Crippen molar-refractivity contribution >= 4 is 61.2 Å². The molecule has 0 radical (unpaired) electrons. The fourth-order valence-electron chi connectivity index (χ4n) is 0.740. The normalized spacial score (nSPS) is 10.2. The number of rotatable bonds is 3. The van der Waals surface area contributed by atoms with Crippen LogP contribution in [0.4, 0.5) is 5.69 Å². The summed E-state index contributed by atoms with van der Waals surface area (Å²) in [5, 5.41) is -0.838. The minimum Gasteiger partial charge on any atom is -0.461 e. The van der Waals surface area contributed by atoms with Crippen molar-refractivity contribution in [3.8, 4) is 5.75 Å². The first-order chi connectivity index (χ1) is 6.09. The maximum absolute atomic E-state index is 5.43. The Labute approximate surface area is 103 Å². The zero-order valence-corrected chi connectivity index (χ0v) is 10.9. The molecular formula is C7H5Br2Cl2NO. The second-order valence-electron chi connectivity index (χ2n) is 2.11. The summed E-state index contributed by atoms with van der Waals surface area (Å²) in [5.74, 6) is 0.626. The van der Waals surface area contributed by atoms with E-state index in [-0.39, 0.29) is 0 Å². The van der Waals surface area contributed by atoms with Crippen molar-refractivity contribution in [1.29, 1.82) is 0 Å². The van der Waals surface area contributed by atoms with Crippen LogP contribution in [0.1, 0.15) is 0 Å². The van der Waals surface area contributed by atoms with Crippen LogP contribution in [0.5, 0.6) is 5.75 Å². The Kier molecular flexibility index (Phi) is 4.66. The highest BCUT2D eigenvalue weighted by molar-refractivity contribution is 9.25. The number of benzene rings is 1. The summed E-state index contributed by atoms with van der Waals surface area (Å²) >= 11 is 17.3. The number of hydrogen-bond acceptors (Lipinski definition) is 2. The van der Waals surface area contributed by atoms with E-state index in [0.717, 1.165) is 5.69 Å². The van der Waals surface area contributed by atoms with Gasteiger partial charge in [-0.2, -0.15) is 0 Å². The molecule has 0 unspecified atom stereocenters. The van der Waals surface area contributed by atoms with Gasteiger partial charge >= 0.3 is 0 Å². The Morgan fingerprint density at radius 3 is 2.08 bits per heavy atom. The second-order valence-corrected chi connectivity index (χ2v) is 5.49. The Morgan fingerprint density at radius 1 is 1.15 bits per heavy atom. The first-order valence-electron chi connectivity index (χ1n) is 3.26. The minimum absolute atomic E-state index is 0.626. The van der Waals surface area contributed by atoms with E-state index in [0.29, 0.717) is 5.75 Å². The van der Waals surface area contributed by atoms with Gasteiger partial charge in [-0.15, -0.1) is 0 Å². The summed E-state index contributed by atoms with van der Waals surface area (Å²) in [6.07, 6.45) is 0. The molecule has 0 aliphatic rings. The lowest BCUT2D eigenvalue weighted by Crippen LogP contribution is -1.99. The SMILES string of the molecule is ClC(Cl)Oc1ccc(N(Br)Br)cc1. The summed E-state index contributed by atoms with van der Waals surface area (Å²) in [7, 11) is 0. The molecule has 0 bridgehead atoms. The largest absolute Gasteiger partial charge is 0.461 e. The molecule has 72 valence electrons. The topological polar surface area (TPSA) is 12.5 Å². The van der Waals surface area contributed by atoms with Crippen LogP contribution in [-0.4, -0.2) is 5.02 Å². The predicted molar refractivity (Wildman–Crippen MR) is 62.9 cm³/mol. The first kappa shape index (κ1) is 11.4. The van der Waals surface area contributed by atoms with Crippen molar-refractivity contribution in [2.45, 2.75) is 5.02 Å². The average molecular weight is 350 g/mol. The number of hydrogen-bond donors (Lipinski definition) is 0. The highest BCUT2D eigenvalue weighted by atomic mass is 79.9. The first-order valence-corrected chi connectivity index (χ1v) is 5.55. The number of anilines is 1. The van der Waals surface area contributed by atoms with Crippen LogP contribution < -0.4 is 7.69 Å². The van der Waals surface area contributed by atoms with Crippen LogP contribution in [0.15, 0.2) is 24.3 Å². The van der Waals surface area contributed by atoms with Gasteiger partial charge in [-0.3, -0.25) is 0 Å². The van der Waals surface area contributed by atoms with E-state index in [9.17, 15) is 0 Å². The van der Waals surface area contributed by atoms with Gasteiger partial charge in [0.25, 0.3) is 0 Å². The Morgan fingerprint density at radius 2 is 1.69 bits per heavy atom. The lowest BCUT2D eigenvalue weighted by atomic mass is 10.3. The smallest absolute Gasteiger partial charge is 0.247 e. The molecule has 0 aliphatic carbocycles. The van der Waals surface area contributed by atoms with Gasteiger partial charge in [0.15, 0.2) is 0 Å². The Hall–Kier alpha value is 0.360. The maximum Gasteiger partial charge on any atom is 0.247 e. The molecule has 1 aromatic rings. The predicted octanol–water partition coefficient (Wildman–Crippen LogP) is 4.25. The van der Waals surface area contributed by atoms with Gasteiger partial charge in [0.1, 0.15) is 5.75 Å². The van der Waals surface area contributed by atoms with E-state index < -0.39 is 5.02 Å². The quantitative estimate of drug-likeness (QED) is 0.597. The van der Waals surface area contributed by atoms with Gasteiger partial charge < -0.3 is 4.74 Å². The van der Waals surface area contributed by atoms with Gasteiger partial charge in [0.05, 0.1) is 38.0 Å². The molecule has 0 atom stereocenters. The van der Waals surface area contributed by atoms with Crippen molar-refractivity contribution in [3.05, 3.63) is 24.3 Å². The lowest BCUT2D eigenvalue weighted by Gasteiger charge is -2.09. The number of halogens is 4. The van der Waals surface area contributed by atoms with Crippen LogP contribution in [0.25, 0.3) is 0 Å². The second kappa shape index (κ2) is 5.29. The zero-order valence-electron chi connectivity index (χ0n) is 6.25. The third-order valence-corrected chi connectivity index (χ3v) is 2.25. The van der Waals surface area contributed by atoms with Crippen LogP contribution in [0, 0.1) is 0 Å². The molecule has 0 saturated carbocycles.